The molecule has 4 rings (SSSR count). The Morgan fingerprint density at radius 3 is 2.69 bits per heavy atom. The van der Waals surface area contributed by atoms with Crippen LogP contribution in [0.2, 0.25) is 0 Å². The summed E-state index contributed by atoms with van der Waals surface area (Å²) in [4.78, 5) is 23.7. The lowest BCUT2D eigenvalue weighted by Gasteiger charge is -2.34. The van der Waals surface area contributed by atoms with Crippen molar-refractivity contribution in [3.63, 3.8) is 0 Å². The zero-order valence-corrected chi connectivity index (χ0v) is 15.1. The molecular formula is C19H25N5O2. The molecule has 1 saturated heterocycles. The zero-order valence-electron chi connectivity index (χ0n) is 15.1. The van der Waals surface area contributed by atoms with Gasteiger partial charge in [-0.25, -0.2) is 9.97 Å². The standard InChI is InChI=1S/C19H25N5O2/c1-13-21-18(23-22-13)16-8-4-5-11-24(16)19(25)14-9-10-17(20-12-14)26-15-6-2-3-7-15/h9-10,12,15-16H,2-8,11H2,1H3,(H,21,22,23). The number of amides is 1. The minimum Gasteiger partial charge on any atom is -0.474 e. The molecule has 1 atom stereocenters. The lowest BCUT2D eigenvalue weighted by atomic mass is 10.0. The highest BCUT2D eigenvalue weighted by atomic mass is 16.5. The highest BCUT2D eigenvalue weighted by molar-refractivity contribution is 5.94. The first kappa shape index (κ1) is 17.0. The molecule has 1 unspecified atom stereocenters. The molecule has 2 aromatic heterocycles. The fourth-order valence-corrected chi connectivity index (χ4v) is 3.87. The molecule has 2 aromatic rings. The van der Waals surface area contributed by atoms with Crippen LogP contribution >= 0.6 is 0 Å². The van der Waals surface area contributed by atoms with E-state index in [2.05, 4.69) is 20.2 Å². The topological polar surface area (TPSA) is 84.0 Å². The summed E-state index contributed by atoms with van der Waals surface area (Å²) in [5, 5.41) is 7.15. The maximum Gasteiger partial charge on any atom is 0.256 e. The van der Waals surface area contributed by atoms with Gasteiger partial charge in [-0.05, 0) is 57.9 Å². The van der Waals surface area contributed by atoms with Gasteiger partial charge in [0.2, 0.25) is 5.88 Å². The first-order valence-electron chi connectivity index (χ1n) is 9.53. The number of ether oxygens (including phenoxy) is 1. The summed E-state index contributed by atoms with van der Waals surface area (Å²) in [7, 11) is 0. The van der Waals surface area contributed by atoms with E-state index in [0.717, 1.165) is 44.5 Å². The van der Waals surface area contributed by atoms with Crippen LogP contribution in [-0.2, 0) is 0 Å². The van der Waals surface area contributed by atoms with Crippen molar-refractivity contribution in [2.45, 2.75) is 64.0 Å². The number of nitrogens with one attached hydrogen (secondary N) is 1. The predicted octanol–water partition coefficient (Wildman–Crippen LogP) is 3.20. The number of piperidine rings is 1. The summed E-state index contributed by atoms with van der Waals surface area (Å²) in [6.07, 6.45) is 9.49. The molecule has 2 aliphatic rings. The van der Waals surface area contributed by atoms with Gasteiger partial charge in [-0.15, -0.1) is 0 Å². The number of likely N-dealkylation sites (tertiary alicyclic amines) is 1. The molecular weight excluding hydrogens is 330 g/mol. The van der Waals surface area contributed by atoms with E-state index in [1.165, 1.54) is 12.8 Å². The van der Waals surface area contributed by atoms with Crippen LogP contribution < -0.4 is 4.74 Å². The summed E-state index contributed by atoms with van der Waals surface area (Å²) in [5.41, 5.74) is 0.586. The molecule has 2 fully saturated rings. The molecule has 0 spiro atoms. The summed E-state index contributed by atoms with van der Waals surface area (Å²) in [6, 6.07) is 3.55. The second-order valence-electron chi connectivity index (χ2n) is 7.20. The summed E-state index contributed by atoms with van der Waals surface area (Å²) >= 11 is 0. The van der Waals surface area contributed by atoms with Gasteiger partial charge in [-0.3, -0.25) is 9.89 Å². The fraction of sp³-hybridized carbons (Fsp3) is 0.579. The quantitative estimate of drug-likeness (QED) is 0.910. The molecule has 0 radical (unpaired) electrons. The van der Waals surface area contributed by atoms with Crippen LogP contribution in [0.15, 0.2) is 18.3 Å². The van der Waals surface area contributed by atoms with E-state index in [4.69, 9.17) is 4.74 Å². The lowest BCUT2D eigenvalue weighted by Crippen LogP contribution is -2.39. The average Bonchev–Trinajstić information content (AvgIpc) is 3.33. The minimum absolute atomic E-state index is 0.0166. The summed E-state index contributed by atoms with van der Waals surface area (Å²) in [5.74, 6) is 2.06. The van der Waals surface area contributed by atoms with Gasteiger partial charge in [0, 0.05) is 18.8 Å². The number of hydrogen-bond donors (Lipinski definition) is 1. The molecule has 1 saturated carbocycles. The van der Waals surface area contributed by atoms with Gasteiger partial charge in [0.05, 0.1) is 11.6 Å². The largest absolute Gasteiger partial charge is 0.474 e. The Morgan fingerprint density at radius 1 is 1.19 bits per heavy atom. The van der Waals surface area contributed by atoms with E-state index in [1.54, 1.807) is 12.3 Å². The van der Waals surface area contributed by atoms with Crippen molar-refractivity contribution in [1.82, 2.24) is 25.1 Å². The van der Waals surface area contributed by atoms with Crippen LogP contribution in [0.5, 0.6) is 5.88 Å². The predicted molar refractivity (Wildman–Crippen MR) is 95.9 cm³/mol. The summed E-state index contributed by atoms with van der Waals surface area (Å²) < 4.78 is 5.89. The van der Waals surface area contributed by atoms with Crippen molar-refractivity contribution in [1.29, 1.82) is 0 Å². The number of carbonyl (C=O) groups excluding carboxylic acids is 1. The van der Waals surface area contributed by atoms with Crippen molar-refractivity contribution in [3.8, 4) is 5.88 Å². The Hall–Kier alpha value is -2.44. The minimum atomic E-state index is -0.0735. The third-order valence-electron chi connectivity index (χ3n) is 5.25. The Balaban J connectivity index is 1.48. The number of aromatic amines is 1. The van der Waals surface area contributed by atoms with Crippen molar-refractivity contribution >= 4 is 5.91 Å². The van der Waals surface area contributed by atoms with Crippen LogP contribution in [-0.4, -0.2) is 43.6 Å². The first-order chi connectivity index (χ1) is 12.7. The number of nitrogens with zero attached hydrogens (tertiary/aromatic N) is 4. The van der Waals surface area contributed by atoms with Crippen LogP contribution in [0.25, 0.3) is 0 Å². The third-order valence-corrected chi connectivity index (χ3v) is 5.25. The number of carbonyl (C=O) groups is 1. The normalized spacial score (nSPS) is 21.1. The number of hydrogen-bond acceptors (Lipinski definition) is 5. The van der Waals surface area contributed by atoms with Gasteiger partial charge >= 0.3 is 0 Å². The Bertz CT molecular complexity index is 752. The average molecular weight is 355 g/mol. The molecule has 0 aromatic carbocycles. The second kappa shape index (κ2) is 7.43. The highest BCUT2D eigenvalue weighted by Crippen LogP contribution is 2.30. The second-order valence-corrected chi connectivity index (χ2v) is 7.20. The highest BCUT2D eigenvalue weighted by Gasteiger charge is 2.31. The van der Waals surface area contributed by atoms with Gasteiger partial charge in [0.1, 0.15) is 11.9 Å². The van der Waals surface area contributed by atoms with Gasteiger partial charge in [0.15, 0.2) is 5.82 Å². The Kier molecular flexibility index (Phi) is 4.86. The number of H-pyrrole nitrogens is 1. The van der Waals surface area contributed by atoms with Gasteiger partial charge < -0.3 is 9.64 Å². The number of rotatable bonds is 4. The lowest BCUT2D eigenvalue weighted by molar-refractivity contribution is 0.0599. The van der Waals surface area contributed by atoms with E-state index >= 15 is 0 Å². The van der Waals surface area contributed by atoms with Crippen molar-refractivity contribution in [2.75, 3.05) is 6.54 Å². The van der Waals surface area contributed by atoms with E-state index in [9.17, 15) is 4.79 Å². The first-order valence-corrected chi connectivity index (χ1v) is 9.53. The molecule has 3 heterocycles. The van der Waals surface area contributed by atoms with Gasteiger partial charge in [0.25, 0.3) is 5.91 Å². The van der Waals surface area contributed by atoms with Crippen molar-refractivity contribution in [2.24, 2.45) is 0 Å². The maximum atomic E-state index is 13.0. The number of aryl methyl sites for hydroxylation is 1. The monoisotopic (exact) mass is 355 g/mol. The Morgan fingerprint density at radius 2 is 2.00 bits per heavy atom. The fourth-order valence-electron chi connectivity index (χ4n) is 3.87. The maximum absolute atomic E-state index is 13.0. The molecule has 1 N–H and O–H groups in total. The molecule has 7 heteroatoms. The Labute approximate surface area is 153 Å². The van der Waals surface area contributed by atoms with E-state index in [1.807, 2.05) is 17.9 Å². The molecule has 1 aliphatic carbocycles. The molecule has 26 heavy (non-hydrogen) atoms. The van der Waals surface area contributed by atoms with Crippen LogP contribution in [0.1, 0.15) is 73.0 Å². The molecule has 138 valence electrons. The van der Waals surface area contributed by atoms with Gasteiger partial charge in [-0.1, -0.05) is 0 Å². The van der Waals surface area contributed by atoms with Gasteiger partial charge in [-0.2, -0.15) is 5.10 Å². The van der Waals surface area contributed by atoms with Crippen LogP contribution in [0.3, 0.4) is 0 Å². The number of pyridine rings is 1. The summed E-state index contributed by atoms with van der Waals surface area (Å²) in [6.45, 7) is 2.59. The van der Waals surface area contributed by atoms with E-state index in [0.29, 0.717) is 17.3 Å². The zero-order chi connectivity index (χ0) is 17.9. The van der Waals surface area contributed by atoms with Crippen LogP contribution in [0, 0.1) is 6.92 Å². The van der Waals surface area contributed by atoms with Crippen molar-refractivity contribution < 1.29 is 9.53 Å². The van der Waals surface area contributed by atoms with Crippen LogP contribution in [0.4, 0.5) is 0 Å². The molecule has 7 nitrogen and oxygen atoms in total. The molecule has 1 aliphatic heterocycles. The number of aromatic nitrogens is 4. The third kappa shape index (κ3) is 3.57. The van der Waals surface area contributed by atoms with E-state index in [-0.39, 0.29) is 18.1 Å². The van der Waals surface area contributed by atoms with E-state index < -0.39 is 0 Å². The van der Waals surface area contributed by atoms with Crippen molar-refractivity contribution in [3.05, 3.63) is 35.5 Å². The SMILES string of the molecule is Cc1nc(C2CCCCN2C(=O)c2ccc(OC3CCCC3)nc2)n[nH]1. The smallest absolute Gasteiger partial charge is 0.256 e. The molecule has 0 bridgehead atoms. The molecule has 1 amide bonds.